The van der Waals surface area contributed by atoms with Gasteiger partial charge in [0, 0.05) is 51.0 Å². The molecule has 31 heavy (non-hydrogen) atoms. The van der Waals surface area contributed by atoms with E-state index in [1.165, 1.54) is 5.56 Å². The Morgan fingerprint density at radius 2 is 2.03 bits per heavy atom. The molecule has 0 radical (unpaired) electrons. The average Bonchev–Trinajstić information content (AvgIpc) is 3.09. The summed E-state index contributed by atoms with van der Waals surface area (Å²) in [5, 5.41) is 4.43. The molecule has 0 unspecified atom stereocenters. The van der Waals surface area contributed by atoms with Gasteiger partial charge in [-0.1, -0.05) is 18.2 Å². The smallest absolute Gasteiger partial charge is 0.274 e. The third kappa shape index (κ3) is 6.31. The number of likely N-dealkylation sites (N-methyl/N-ethyl adjacent to an activating group) is 1. The maximum atomic E-state index is 13.3. The zero-order valence-electron chi connectivity index (χ0n) is 19.7. The zero-order chi connectivity index (χ0) is 22.4. The first-order valence-corrected chi connectivity index (χ1v) is 11.2. The predicted molar refractivity (Wildman–Crippen MR) is 123 cm³/mol. The van der Waals surface area contributed by atoms with Crippen LogP contribution < -0.4 is 4.74 Å². The Kier molecular flexibility index (Phi) is 8.09. The molecule has 0 saturated carbocycles. The molecule has 7 heteroatoms. The molecule has 7 nitrogen and oxygen atoms in total. The first-order chi connectivity index (χ1) is 14.9. The Morgan fingerprint density at radius 1 is 1.26 bits per heavy atom. The second-order valence-corrected chi connectivity index (χ2v) is 8.90. The lowest BCUT2D eigenvalue weighted by atomic mass is 9.96. The first kappa shape index (κ1) is 23.3. The lowest BCUT2D eigenvalue weighted by Gasteiger charge is -2.36. The minimum Gasteiger partial charge on any atom is -0.496 e. The molecule has 0 aliphatic carbocycles. The lowest BCUT2D eigenvalue weighted by molar-refractivity contribution is 0.0654. The number of hydrogen-bond acceptors (Lipinski definition) is 5. The number of rotatable bonds is 9. The second kappa shape index (κ2) is 10.8. The fraction of sp³-hybridized carbons (Fsp3) is 0.583. The SMILES string of the molecule is COc1ccccc1CN1CCC[C@@H](CN(CCN(C)C)C(=O)c2cc(C)n(C)n2)C1. The van der Waals surface area contributed by atoms with Crippen LogP contribution in [0, 0.1) is 12.8 Å². The van der Waals surface area contributed by atoms with Crippen LogP contribution in [0.1, 0.15) is 34.6 Å². The van der Waals surface area contributed by atoms with Gasteiger partial charge in [-0.3, -0.25) is 14.4 Å². The number of methoxy groups -OCH3 is 1. The Hall–Kier alpha value is -2.38. The standard InChI is InChI=1S/C24H37N5O2/c1-19-15-22(25-27(19)4)24(30)29(14-13-26(2)3)17-20-9-8-12-28(16-20)18-21-10-6-7-11-23(21)31-5/h6-7,10-11,15,20H,8-9,12-14,16-18H2,1-5H3/t20-/m1/s1. The molecule has 0 spiro atoms. The van der Waals surface area contributed by atoms with Crippen molar-refractivity contribution in [2.45, 2.75) is 26.3 Å². The van der Waals surface area contributed by atoms with Gasteiger partial charge in [0.05, 0.1) is 7.11 Å². The number of aryl methyl sites for hydroxylation is 2. The molecule has 1 aliphatic heterocycles. The number of hydrogen-bond donors (Lipinski definition) is 0. The molecule has 3 rings (SSSR count). The molecule has 1 aromatic carbocycles. The minimum absolute atomic E-state index is 0.0346. The third-order valence-electron chi connectivity index (χ3n) is 6.11. The van der Waals surface area contributed by atoms with E-state index in [0.29, 0.717) is 18.2 Å². The molecule has 2 heterocycles. The highest BCUT2D eigenvalue weighted by molar-refractivity contribution is 5.92. The van der Waals surface area contributed by atoms with Crippen molar-refractivity contribution in [3.05, 3.63) is 47.3 Å². The van der Waals surface area contributed by atoms with Crippen molar-refractivity contribution in [1.82, 2.24) is 24.5 Å². The van der Waals surface area contributed by atoms with Gasteiger partial charge >= 0.3 is 0 Å². The third-order valence-corrected chi connectivity index (χ3v) is 6.11. The number of ether oxygens (including phenoxy) is 1. The summed E-state index contributed by atoms with van der Waals surface area (Å²) in [5.74, 6) is 1.43. The van der Waals surface area contributed by atoms with Crippen molar-refractivity contribution < 1.29 is 9.53 Å². The minimum atomic E-state index is 0.0346. The van der Waals surface area contributed by atoms with Crippen LogP contribution in [-0.4, -0.2) is 84.3 Å². The van der Waals surface area contributed by atoms with Crippen molar-refractivity contribution in [1.29, 1.82) is 0 Å². The summed E-state index contributed by atoms with van der Waals surface area (Å²) in [4.78, 5) is 19.9. The fourth-order valence-electron chi connectivity index (χ4n) is 4.25. The van der Waals surface area contributed by atoms with E-state index in [-0.39, 0.29) is 5.91 Å². The average molecular weight is 428 g/mol. The molecule has 1 amide bonds. The highest BCUT2D eigenvalue weighted by Crippen LogP contribution is 2.24. The highest BCUT2D eigenvalue weighted by atomic mass is 16.5. The van der Waals surface area contributed by atoms with Crippen LogP contribution in [0.25, 0.3) is 0 Å². The van der Waals surface area contributed by atoms with Crippen LogP contribution >= 0.6 is 0 Å². The molecule has 0 N–H and O–H groups in total. The molecule has 1 aromatic heterocycles. The molecule has 0 bridgehead atoms. The van der Waals surface area contributed by atoms with Crippen LogP contribution in [0.3, 0.4) is 0 Å². The summed E-state index contributed by atoms with van der Waals surface area (Å²) in [6.07, 6.45) is 2.30. The number of benzene rings is 1. The van der Waals surface area contributed by atoms with Crippen LogP contribution in [0.15, 0.2) is 30.3 Å². The van der Waals surface area contributed by atoms with Crippen LogP contribution in [0.5, 0.6) is 5.75 Å². The Balaban J connectivity index is 1.67. The summed E-state index contributed by atoms with van der Waals surface area (Å²) in [5.41, 5.74) is 2.76. The zero-order valence-corrected chi connectivity index (χ0v) is 19.7. The maximum absolute atomic E-state index is 13.3. The summed E-state index contributed by atoms with van der Waals surface area (Å²) in [6, 6.07) is 10.1. The van der Waals surface area contributed by atoms with Crippen molar-refractivity contribution in [3.8, 4) is 5.75 Å². The molecule has 1 aliphatic rings. The molecule has 1 saturated heterocycles. The number of carbonyl (C=O) groups excluding carboxylic acids is 1. The van der Waals surface area contributed by atoms with Gasteiger partial charge in [-0.15, -0.1) is 0 Å². The number of aromatic nitrogens is 2. The first-order valence-electron chi connectivity index (χ1n) is 11.2. The molecule has 1 atom stereocenters. The van der Waals surface area contributed by atoms with Gasteiger partial charge in [-0.05, 0) is 58.5 Å². The largest absolute Gasteiger partial charge is 0.496 e. The second-order valence-electron chi connectivity index (χ2n) is 8.90. The molecular weight excluding hydrogens is 390 g/mol. The van der Waals surface area contributed by atoms with Crippen LogP contribution in [0.4, 0.5) is 0 Å². The quantitative estimate of drug-likeness (QED) is 0.616. The molecule has 170 valence electrons. The summed E-state index contributed by atoms with van der Waals surface area (Å²) >= 11 is 0. The van der Waals surface area contributed by atoms with Crippen LogP contribution in [-0.2, 0) is 13.6 Å². The van der Waals surface area contributed by atoms with E-state index in [2.05, 4.69) is 27.0 Å². The fourth-order valence-corrected chi connectivity index (χ4v) is 4.25. The summed E-state index contributed by atoms with van der Waals surface area (Å²) in [6.45, 7) is 7.26. The van der Waals surface area contributed by atoms with E-state index in [9.17, 15) is 4.79 Å². The van der Waals surface area contributed by atoms with Crippen molar-refractivity contribution in [3.63, 3.8) is 0 Å². The van der Waals surface area contributed by atoms with Crippen LogP contribution in [0.2, 0.25) is 0 Å². The van der Waals surface area contributed by atoms with E-state index >= 15 is 0 Å². The Morgan fingerprint density at radius 3 is 2.71 bits per heavy atom. The number of piperidine rings is 1. The van der Waals surface area contributed by atoms with Gasteiger partial charge in [-0.2, -0.15) is 5.10 Å². The van der Waals surface area contributed by atoms with E-state index < -0.39 is 0 Å². The van der Waals surface area contributed by atoms with E-state index in [1.54, 1.807) is 11.8 Å². The Bertz CT molecular complexity index is 844. The van der Waals surface area contributed by atoms with E-state index in [0.717, 1.165) is 57.0 Å². The predicted octanol–water partition coefficient (Wildman–Crippen LogP) is 2.65. The number of likely N-dealkylation sites (tertiary alicyclic amines) is 1. The summed E-state index contributed by atoms with van der Waals surface area (Å²) in [7, 11) is 7.70. The molecule has 2 aromatic rings. The monoisotopic (exact) mass is 427 g/mol. The van der Waals surface area contributed by atoms with Gasteiger partial charge < -0.3 is 14.5 Å². The van der Waals surface area contributed by atoms with E-state index in [4.69, 9.17) is 4.74 Å². The summed E-state index contributed by atoms with van der Waals surface area (Å²) < 4.78 is 7.30. The lowest BCUT2D eigenvalue weighted by Crippen LogP contribution is -2.44. The highest BCUT2D eigenvalue weighted by Gasteiger charge is 2.26. The number of para-hydroxylation sites is 1. The van der Waals surface area contributed by atoms with Gasteiger partial charge in [0.25, 0.3) is 5.91 Å². The maximum Gasteiger partial charge on any atom is 0.274 e. The van der Waals surface area contributed by atoms with Crippen molar-refractivity contribution in [2.75, 3.05) is 53.9 Å². The van der Waals surface area contributed by atoms with Gasteiger partial charge in [0.15, 0.2) is 5.69 Å². The van der Waals surface area contributed by atoms with Crippen molar-refractivity contribution in [2.24, 2.45) is 13.0 Å². The van der Waals surface area contributed by atoms with Gasteiger partial charge in [0.1, 0.15) is 5.75 Å². The number of amides is 1. The van der Waals surface area contributed by atoms with Crippen molar-refractivity contribution >= 4 is 5.91 Å². The van der Waals surface area contributed by atoms with E-state index in [1.807, 2.05) is 51.2 Å². The number of carbonyl (C=O) groups is 1. The molecule has 1 fully saturated rings. The number of nitrogens with zero attached hydrogens (tertiary/aromatic N) is 5. The topological polar surface area (TPSA) is 53.8 Å². The normalized spacial score (nSPS) is 17.2. The van der Waals surface area contributed by atoms with Gasteiger partial charge in [0.2, 0.25) is 0 Å². The Labute approximate surface area is 186 Å². The van der Waals surface area contributed by atoms with Gasteiger partial charge in [-0.25, -0.2) is 0 Å². The molecular formula is C24H37N5O2.